The summed E-state index contributed by atoms with van der Waals surface area (Å²) in [6.07, 6.45) is -1.13. The van der Waals surface area contributed by atoms with Crippen molar-refractivity contribution in [3.8, 4) is 5.75 Å². The van der Waals surface area contributed by atoms with Crippen molar-refractivity contribution in [2.75, 3.05) is 28.1 Å². The molecule has 0 bridgehead atoms. The maximum absolute atomic E-state index is 13.1. The number of nitrogens with zero attached hydrogens (tertiary/aromatic N) is 2. The molecule has 0 amide bonds. The van der Waals surface area contributed by atoms with Crippen LogP contribution in [0.25, 0.3) is 0 Å². The molecule has 0 N–H and O–H groups in total. The lowest BCUT2D eigenvalue weighted by molar-refractivity contribution is -0.387. The largest absolute Gasteiger partial charge is 0.468 e. The molecular weight excluding hydrogens is 500 g/mol. The van der Waals surface area contributed by atoms with E-state index in [4.69, 9.17) is 18.9 Å². The molecule has 0 aliphatic carbocycles. The number of ether oxygens (including phenoxy) is 4. The molecule has 0 saturated carbocycles. The van der Waals surface area contributed by atoms with Crippen molar-refractivity contribution in [3.05, 3.63) is 100 Å². The predicted molar refractivity (Wildman–Crippen MR) is 136 cm³/mol. The molecule has 37 heavy (non-hydrogen) atoms. The number of esters is 2. The van der Waals surface area contributed by atoms with Crippen LogP contribution in [0.3, 0.4) is 0 Å². The van der Waals surface area contributed by atoms with Crippen LogP contribution in [-0.4, -0.2) is 55.3 Å². The standard InChI is InChI=1S/C26H26N2O8S/c1-27(37-22-12-8-7-11-21(22)28(31)32)23(26(30)34-3)24(36-25(29)19-9-5-4-6-10-19)18-13-15-20(16-14-18)35-17-33-2/h4-16,23-24H,17H2,1-3H3/t23-,24?/m0/s1. The fourth-order valence-electron chi connectivity index (χ4n) is 3.43. The van der Waals surface area contributed by atoms with Gasteiger partial charge in [0.2, 0.25) is 0 Å². The van der Waals surface area contributed by atoms with Crippen molar-refractivity contribution in [1.82, 2.24) is 4.31 Å². The lowest BCUT2D eigenvalue weighted by atomic mass is 10.0. The third-order valence-corrected chi connectivity index (χ3v) is 6.28. The van der Waals surface area contributed by atoms with Gasteiger partial charge in [0, 0.05) is 13.2 Å². The normalized spacial score (nSPS) is 12.4. The first-order valence-electron chi connectivity index (χ1n) is 11.1. The Morgan fingerprint density at radius 1 is 0.973 bits per heavy atom. The molecule has 0 saturated heterocycles. The molecule has 0 fully saturated rings. The lowest BCUT2D eigenvalue weighted by Gasteiger charge is -2.31. The van der Waals surface area contributed by atoms with Gasteiger partial charge in [-0.1, -0.05) is 42.5 Å². The number of nitro groups is 1. The topological polar surface area (TPSA) is 117 Å². The zero-order valence-electron chi connectivity index (χ0n) is 20.4. The van der Waals surface area contributed by atoms with E-state index in [1.807, 2.05) is 0 Å². The van der Waals surface area contributed by atoms with Crippen molar-refractivity contribution in [1.29, 1.82) is 0 Å². The molecule has 3 aromatic rings. The summed E-state index contributed by atoms with van der Waals surface area (Å²) in [5, 5.41) is 11.5. The highest BCUT2D eigenvalue weighted by Crippen LogP contribution is 2.36. The second kappa shape index (κ2) is 13.4. The summed E-state index contributed by atoms with van der Waals surface area (Å²) in [6.45, 7) is 0.0474. The van der Waals surface area contributed by atoms with Crippen molar-refractivity contribution in [2.45, 2.75) is 17.0 Å². The summed E-state index contributed by atoms with van der Waals surface area (Å²) in [5.74, 6) is -0.835. The van der Waals surface area contributed by atoms with Crippen LogP contribution in [0.15, 0.2) is 83.8 Å². The van der Waals surface area contributed by atoms with E-state index in [1.54, 1.807) is 79.8 Å². The minimum absolute atomic E-state index is 0.0474. The Morgan fingerprint density at radius 2 is 1.62 bits per heavy atom. The molecule has 0 radical (unpaired) electrons. The summed E-state index contributed by atoms with van der Waals surface area (Å²) >= 11 is 0.969. The molecule has 0 aliphatic rings. The molecule has 0 aliphatic heterocycles. The number of carbonyl (C=O) groups is 2. The number of nitro benzene ring substituents is 1. The molecule has 3 rings (SSSR count). The number of hydrogen-bond acceptors (Lipinski definition) is 10. The van der Waals surface area contributed by atoms with Crippen LogP contribution in [0.2, 0.25) is 0 Å². The van der Waals surface area contributed by atoms with E-state index in [9.17, 15) is 19.7 Å². The number of rotatable bonds is 12. The molecule has 2 atom stereocenters. The SMILES string of the molecule is COCOc1ccc(C(OC(=O)c2ccccc2)[C@@H](C(=O)OC)N(C)Sc2ccccc2[N+](=O)[O-])cc1. The van der Waals surface area contributed by atoms with Gasteiger partial charge < -0.3 is 18.9 Å². The lowest BCUT2D eigenvalue weighted by Crippen LogP contribution is -2.42. The van der Waals surface area contributed by atoms with E-state index in [0.29, 0.717) is 21.8 Å². The summed E-state index contributed by atoms with van der Waals surface area (Å²) in [5.41, 5.74) is 0.657. The average Bonchev–Trinajstić information content (AvgIpc) is 2.92. The Hall–Kier alpha value is -3.93. The Morgan fingerprint density at radius 3 is 2.24 bits per heavy atom. The zero-order chi connectivity index (χ0) is 26.8. The summed E-state index contributed by atoms with van der Waals surface area (Å²) in [6, 6.07) is 20.0. The van der Waals surface area contributed by atoms with E-state index in [-0.39, 0.29) is 12.5 Å². The highest BCUT2D eigenvalue weighted by atomic mass is 32.2. The van der Waals surface area contributed by atoms with Gasteiger partial charge in [-0.15, -0.1) is 0 Å². The number of methoxy groups -OCH3 is 2. The predicted octanol–water partition coefficient (Wildman–Crippen LogP) is 4.66. The first-order valence-corrected chi connectivity index (χ1v) is 11.8. The quantitative estimate of drug-likeness (QED) is 0.108. The molecule has 1 unspecified atom stereocenters. The number of carbonyl (C=O) groups excluding carboxylic acids is 2. The van der Waals surface area contributed by atoms with Crippen molar-refractivity contribution in [2.24, 2.45) is 0 Å². The molecule has 11 heteroatoms. The number of likely N-dealkylation sites (N-methyl/N-ethyl adjacent to an activating group) is 1. The van der Waals surface area contributed by atoms with E-state index >= 15 is 0 Å². The summed E-state index contributed by atoms with van der Waals surface area (Å²) in [4.78, 5) is 37.4. The van der Waals surface area contributed by atoms with Gasteiger partial charge in [0.05, 0.1) is 17.6 Å². The van der Waals surface area contributed by atoms with Gasteiger partial charge in [-0.25, -0.2) is 9.10 Å². The molecule has 3 aromatic carbocycles. The van der Waals surface area contributed by atoms with Gasteiger partial charge >= 0.3 is 11.9 Å². The summed E-state index contributed by atoms with van der Waals surface area (Å²) in [7, 11) is 4.29. The monoisotopic (exact) mass is 526 g/mol. The van der Waals surface area contributed by atoms with Crippen LogP contribution < -0.4 is 4.74 Å². The Labute approximate surface area is 218 Å². The maximum atomic E-state index is 13.1. The van der Waals surface area contributed by atoms with Gasteiger partial charge in [0.1, 0.15) is 10.6 Å². The number of para-hydroxylation sites is 1. The minimum atomic E-state index is -1.16. The molecule has 0 heterocycles. The van der Waals surface area contributed by atoms with E-state index in [2.05, 4.69) is 0 Å². The van der Waals surface area contributed by atoms with Crippen molar-refractivity contribution >= 4 is 29.6 Å². The van der Waals surface area contributed by atoms with E-state index in [0.717, 1.165) is 11.9 Å². The highest BCUT2D eigenvalue weighted by molar-refractivity contribution is 7.97. The second-order valence-corrected chi connectivity index (χ2v) is 8.84. The highest BCUT2D eigenvalue weighted by Gasteiger charge is 2.38. The third-order valence-electron chi connectivity index (χ3n) is 5.22. The van der Waals surface area contributed by atoms with E-state index < -0.39 is 29.0 Å². The van der Waals surface area contributed by atoms with Gasteiger partial charge in [-0.2, -0.15) is 0 Å². The molecule has 194 valence electrons. The zero-order valence-corrected chi connectivity index (χ0v) is 21.3. The summed E-state index contributed by atoms with van der Waals surface area (Å²) < 4.78 is 22.8. The third kappa shape index (κ3) is 7.29. The number of hydrogen-bond donors (Lipinski definition) is 0. The molecule has 0 spiro atoms. The van der Waals surface area contributed by atoms with Gasteiger partial charge in [0.25, 0.3) is 5.69 Å². The molecule has 10 nitrogen and oxygen atoms in total. The fourth-order valence-corrected chi connectivity index (χ4v) is 4.43. The average molecular weight is 527 g/mol. The number of benzene rings is 3. The maximum Gasteiger partial charge on any atom is 0.338 e. The van der Waals surface area contributed by atoms with E-state index in [1.165, 1.54) is 24.6 Å². The van der Waals surface area contributed by atoms with Crippen LogP contribution in [0.4, 0.5) is 5.69 Å². The van der Waals surface area contributed by atoms with Gasteiger partial charge in [0.15, 0.2) is 18.9 Å². The first kappa shape index (κ1) is 27.7. The smallest absolute Gasteiger partial charge is 0.338 e. The van der Waals surface area contributed by atoms with Gasteiger partial charge in [-0.3, -0.25) is 14.9 Å². The van der Waals surface area contributed by atoms with Crippen LogP contribution in [0, 0.1) is 10.1 Å². The minimum Gasteiger partial charge on any atom is -0.468 e. The Kier molecular flexibility index (Phi) is 10.0. The van der Waals surface area contributed by atoms with Crippen molar-refractivity contribution < 1.29 is 33.5 Å². The van der Waals surface area contributed by atoms with Crippen LogP contribution in [0.1, 0.15) is 22.0 Å². The van der Waals surface area contributed by atoms with Gasteiger partial charge in [-0.05, 0) is 54.9 Å². The second-order valence-electron chi connectivity index (χ2n) is 7.64. The van der Waals surface area contributed by atoms with Crippen LogP contribution in [0.5, 0.6) is 5.75 Å². The van der Waals surface area contributed by atoms with Crippen LogP contribution >= 0.6 is 11.9 Å². The van der Waals surface area contributed by atoms with Crippen LogP contribution in [-0.2, 0) is 19.0 Å². The fraction of sp³-hybridized carbons (Fsp3) is 0.231. The first-order chi connectivity index (χ1) is 17.8. The molecule has 0 aromatic heterocycles. The van der Waals surface area contributed by atoms with Crippen molar-refractivity contribution in [3.63, 3.8) is 0 Å². The molecular formula is C26H26N2O8S. The Balaban J connectivity index is 2.00. The Bertz CT molecular complexity index is 1210.